The maximum absolute atomic E-state index is 13.0. The molecule has 0 saturated carbocycles. The summed E-state index contributed by atoms with van der Waals surface area (Å²) in [5, 5.41) is 10.5. The Kier molecular flexibility index (Phi) is 58.3. The van der Waals surface area contributed by atoms with E-state index in [0.29, 0.717) is 25.7 Å². The van der Waals surface area contributed by atoms with Crippen molar-refractivity contribution in [2.24, 2.45) is 5.92 Å². The standard InChI is InChI=1S/C66H128O17P2/c1-6-10-13-16-18-20-22-23-24-25-26-27-28-29-30-31-33-35-42-47-52-66(71)83-62(56-77-64(69)50-45-40-37-36-39-43-48-59(5)9-4)58-81-85(74,75)79-54-60(67)53-78-84(72,73)80-57-61(55-76-63(68)49-44-38-15-12-8-3)82-65(70)51-46-41-34-32-21-19-17-14-11-7-2/h59-62,67H,6-58H2,1-5H3,(H,72,73)(H,74,75)/t59?,60-,61+,62+/m0/s1. The minimum Gasteiger partial charge on any atom is -0.462 e. The van der Waals surface area contributed by atoms with Crippen molar-refractivity contribution >= 4 is 39.5 Å². The van der Waals surface area contributed by atoms with Crippen molar-refractivity contribution in [1.82, 2.24) is 0 Å². The van der Waals surface area contributed by atoms with E-state index < -0.39 is 97.5 Å². The highest BCUT2D eigenvalue weighted by molar-refractivity contribution is 7.47. The highest BCUT2D eigenvalue weighted by atomic mass is 31.2. The number of hydrogen-bond donors (Lipinski definition) is 3. The lowest BCUT2D eigenvalue weighted by Gasteiger charge is -2.21. The molecule has 0 aliphatic heterocycles. The van der Waals surface area contributed by atoms with Crippen LogP contribution < -0.4 is 0 Å². The third kappa shape index (κ3) is 59.5. The van der Waals surface area contributed by atoms with Crippen molar-refractivity contribution in [3.8, 4) is 0 Å². The maximum atomic E-state index is 13.0. The predicted molar refractivity (Wildman–Crippen MR) is 340 cm³/mol. The Balaban J connectivity index is 5.09. The smallest absolute Gasteiger partial charge is 0.462 e. The summed E-state index contributed by atoms with van der Waals surface area (Å²) in [7, 11) is -9.88. The molecular weight excluding hydrogens is 1130 g/mol. The van der Waals surface area contributed by atoms with Crippen LogP contribution >= 0.6 is 15.6 Å². The van der Waals surface area contributed by atoms with Crippen molar-refractivity contribution in [3.05, 3.63) is 0 Å². The summed E-state index contributed by atoms with van der Waals surface area (Å²) in [5.41, 5.74) is 0. The molecule has 3 N–H and O–H groups in total. The Morgan fingerprint density at radius 1 is 0.329 bits per heavy atom. The number of ether oxygens (including phenoxy) is 4. The summed E-state index contributed by atoms with van der Waals surface area (Å²) in [6.45, 7) is 7.07. The van der Waals surface area contributed by atoms with Crippen LogP contribution in [0.5, 0.6) is 0 Å². The van der Waals surface area contributed by atoms with Gasteiger partial charge in [0.25, 0.3) is 0 Å². The van der Waals surface area contributed by atoms with Gasteiger partial charge in [-0.25, -0.2) is 9.13 Å². The molecule has 0 aliphatic rings. The number of esters is 4. The Hall–Kier alpha value is -1.94. The van der Waals surface area contributed by atoms with E-state index in [1.165, 1.54) is 148 Å². The predicted octanol–water partition coefficient (Wildman–Crippen LogP) is 18.6. The van der Waals surface area contributed by atoms with E-state index in [2.05, 4.69) is 34.6 Å². The van der Waals surface area contributed by atoms with Gasteiger partial charge in [0.05, 0.1) is 26.4 Å². The van der Waals surface area contributed by atoms with Crippen LogP contribution in [0.3, 0.4) is 0 Å². The molecule has 0 saturated heterocycles. The first-order valence-corrected chi connectivity index (χ1v) is 37.7. The first kappa shape index (κ1) is 83.1. The highest BCUT2D eigenvalue weighted by Gasteiger charge is 2.30. The minimum atomic E-state index is -4.94. The molecule has 17 nitrogen and oxygen atoms in total. The number of aliphatic hydroxyl groups is 1. The zero-order chi connectivity index (χ0) is 62.8. The van der Waals surface area contributed by atoms with Gasteiger partial charge in [0, 0.05) is 25.7 Å². The summed E-state index contributed by atoms with van der Waals surface area (Å²) in [4.78, 5) is 72.0. The third-order valence-corrected chi connectivity index (χ3v) is 17.5. The summed E-state index contributed by atoms with van der Waals surface area (Å²) >= 11 is 0. The van der Waals surface area contributed by atoms with Crippen LogP contribution in [-0.4, -0.2) is 96.7 Å². The van der Waals surface area contributed by atoms with Gasteiger partial charge < -0.3 is 33.8 Å². The number of unbranched alkanes of at least 4 members (excludes halogenated alkanes) is 37. The molecular formula is C66H128O17P2. The van der Waals surface area contributed by atoms with Crippen molar-refractivity contribution in [3.63, 3.8) is 0 Å². The van der Waals surface area contributed by atoms with Crippen LogP contribution in [0, 0.1) is 5.92 Å². The molecule has 0 amide bonds. The van der Waals surface area contributed by atoms with Crippen molar-refractivity contribution < 1.29 is 80.2 Å². The van der Waals surface area contributed by atoms with Crippen LogP contribution in [0.25, 0.3) is 0 Å². The quantitative estimate of drug-likeness (QED) is 0.0222. The van der Waals surface area contributed by atoms with Crippen LogP contribution in [-0.2, 0) is 65.4 Å². The van der Waals surface area contributed by atoms with E-state index >= 15 is 0 Å². The van der Waals surface area contributed by atoms with Gasteiger partial charge in [-0.3, -0.25) is 37.3 Å². The van der Waals surface area contributed by atoms with E-state index in [4.69, 9.17) is 37.0 Å². The minimum absolute atomic E-state index is 0.105. The average Bonchev–Trinajstić information content (AvgIpc) is 3.56. The monoisotopic (exact) mass is 1250 g/mol. The van der Waals surface area contributed by atoms with E-state index in [0.717, 1.165) is 109 Å². The summed E-state index contributed by atoms with van der Waals surface area (Å²) in [5.74, 6) is -1.41. The molecule has 504 valence electrons. The molecule has 0 aromatic rings. The second kappa shape index (κ2) is 59.7. The Morgan fingerprint density at radius 2 is 0.565 bits per heavy atom. The molecule has 3 unspecified atom stereocenters. The van der Waals surface area contributed by atoms with Crippen molar-refractivity contribution in [2.75, 3.05) is 39.6 Å². The number of rotatable bonds is 66. The Labute approximate surface area is 517 Å². The van der Waals surface area contributed by atoms with E-state index in [1.54, 1.807) is 0 Å². The first-order chi connectivity index (χ1) is 41.1. The van der Waals surface area contributed by atoms with Gasteiger partial charge in [-0.2, -0.15) is 0 Å². The Bertz CT molecular complexity index is 1650. The largest absolute Gasteiger partial charge is 0.472 e. The van der Waals surface area contributed by atoms with Crippen LogP contribution in [0.15, 0.2) is 0 Å². The molecule has 0 rings (SSSR count). The lowest BCUT2D eigenvalue weighted by Crippen LogP contribution is -2.30. The Morgan fingerprint density at radius 3 is 0.835 bits per heavy atom. The topological polar surface area (TPSA) is 237 Å². The van der Waals surface area contributed by atoms with Gasteiger partial charge in [0.2, 0.25) is 0 Å². The number of carbonyl (C=O) groups is 4. The molecule has 6 atom stereocenters. The molecule has 0 aliphatic carbocycles. The average molecular weight is 1260 g/mol. The first-order valence-electron chi connectivity index (χ1n) is 34.7. The molecule has 0 bridgehead atoms. The fraction of sp³-hybridized carbons (Fsp3) is 0.939. The fourth-order valence-corrected chi connectivity index (χ4v) is 11.5. The maximum Gasteiger partial charge on any atom is 0.472 e. The zero-order valence-electron chi connectivity index (χ0n) is 54.7. The lowest BCUT2D eigenvalue weighted by atomic mass is 10.00. The normalized spacial score (nSPS) is 14.5. The third-order valence-electron chi connectivity index (χ3n) is 15.6. The molecule has 0 radical (unpaired) electrons. The lowest BCUT2D eigenvalue weighted by molar-refractivity contribution is -0.161. The van der Waals surface area contributed by atoms with E-state index in [1.807, 2.05) is 0 Å². The van der Waals surface area contributed by atoms with Gasteiger partial charge in [0.1, 0.15) is 19.3 Å². The van der Waals surface area contributed by atoms with Crippen LogP contribution in [0.2, 0.25) is 0 Å². The molecule has 19 heteroatoms. The number of phosphoric ester groups is 2. The van der Waals surface area contributed by atoms with Gasteiger partial charge >= 0.3 is 39.5 Å². The zero-order valence-corrected chi connectivity index (χ0v) is 56.5. The van der Waals surface area contributed by atoms with Crippen molar-refractivity contribution in [2.45, 2.75) is 355 Å². The van der Waals surface area contributed by atoms with Gasteiger partial charge in [-0.05, 0) is 31.6 Å². The molecule has 0 spiro atoms. The van der Waals surface area contributed by atoms with Gasteiger partial charge in [0.15, 0.2) is 12.2 Å². The summed E-state index contributed by atoms with van der Waals surface area (Å²) < 4.78 is 67.8. The van der Waals surface area contributed by atoms with Crippen molar-refractivity contribution in [1.29, 1.82) is 0 Å². The van der Waals surface area contributed by atoms with E-state index in [9.17, 15) is 43.2 Å². The molecule has 0 fully saturated rings. The molecule has 0 aromatic carbocycles. The summed E-state index contributed by atoms with van der Waals surface area (Å²) in [6, 6.07) is 0. The van der Waals surface area contributed by atoms with Crippen LogP contribution in [0.4, 0.5) is 0 Å². The molecule has 0 aromatic heterocycles. The second-order valence-electron chi connectivity index (χ2n) is 24.1. The molecule has 85 heavy (non-hydrogen) atoms. The number of aliphatic hydroxyl groups excluding tert-OH is 1. The highest BCUT2D eigenvalue weighted by Crippen LogP contribution is 2.45. The second-order valence-corrected chi connectivity index (χ2v) is 27.0. The fourth-order valence-electron chi connectivity index (χ4n) is 9.90. The van der Waals surface area contributed by atoms with Crippen LogP contribution in [0.1, 0.15) is 336 Å². The van der Waals surface area contributed by atoms with E-state index in [-0.39, 0.29) is 25.7 Å². The SMILES string of the molecule is CCCCCCCCCCCCCCCCCCCCCCC(=O)O[C@H](COC(=O)CCCCCCCCC(C)CC)COP(=O)(O)OC[C@@H](O)COP(=O)(O)OC[C@@H](COC(=O)CCCCCCC)OC(=O)CCCCCCCCCCCC. The van der Waals surface area contributed by atoms with Gasteiger partial charge in [-0.1, -0.05) is 285 Å². The number of phosphoric acid groups is 2. The number of hydrogen-bond acceptors (Lipinski definition) is 15. The number of carbonyl (C=O) groups excluding carboxylic acids is 4. The van der Waals surface area contributed by atoms with Gasteiger partial charge in [-0.15, -0.1) is 0 Å². The molecule has 0 heterocycles. The summed E-state index contributed by atoms with van der Waals surface area (Å²) in [6.07, 6.45) is 45.0.